The van der Waals surface area contributed by atoms with Crippen LogP contribution in [0.15, 0.2) is 22.8 Å². The summed E-state index contributed by atoms with van der Waals surface area (Å²) in [6.07, 6.45) is 7.00. The van der Waals surface area contributed by atoms with E-state index in [-0.39, 0.29) is 12.1 Å². The van der Waals surface area contributed by atoms with Crippen molar-refractivity contribution in [2.75, 3.05) is 13.1 Å². The molecule has 0 bridgehead atoms. The first-order chi connectivity index (χ1) is 7.79. The zero-order valence-corrected chi connectivity index (χ0v) is 10.1. The second-order valence-corrected chi connectivity index (χ2v) is 4.77. The Balaban J connectivity index is 2.12. The molecule has 0 radical (unpaired) electrons. The fourth-order valence-corrected chi connectivity index (χ4v) is 2.60. The van der Waals surface area contributed by atoms with Gasteiger partial charge in [0.1, 0.15) is 5.76 Å². The van der Waals surface area contributed by atoms with Crippen LogP contribution in [0.25, 0.3) is 0 Å². The summed E-state index contributed by atoms with van der Waals surface area (Å²) in [4.78, 5) is 2.48. The van der Waals surface area contributed by atoms with Crippen LogP contribution < -0.4 is 5.73 Å². The van der Waals surface area contributed by atoms with Gasteiger partial charge in [-0.05, 0) is 45.0 Å². The molecule has 16 heavy (non-hydrogen) atoms. The number of nitrogens with zero attached hydrogens (tertiary/aromatic N) is 1. The van der Waals surface area contributed by atoms with Crippen molar-refractivity contribution in [2.24, 2.45) is 5.73 Å². The van der Waals surface area contributed by atoms with Gasteiger partial charge < -0.3 is 10.2 Å². The minimum absolute atomic E-state index is 0.115. The van der Waals surface area contributed by atoms with Crippen LogP contribution in [0.5, 0.6) is 0 Å². The zero-order valence-electron chi connectivity index (χ0n) is 10.1. The molecule has 1 aliphatic rings. The lowest BCUT2D eigenvalue weighted by Crippen LogP contribution is -2.39. The minimum atomic E-state index is 0.115. The van der Waals surface area contributed by atoms with Gasteiger partial charge >= 0.3 is 0 Å². The van der Waals surface area contributed by atoms with Crippen LogP contribution in [-0.2, 0) is 0 Å². The van der Waals surface area contributed by atoms with Crippen molar-refractivity contribution < 1.29 is 4.42 Å². The van der Waals surface area contributed by atoms with Crippen molar-refractivity contribution in [3.63, 3.8) is 0 Å². The van der Waals surface area contributed by atoms with Crippen molar-refractivity contribution >= 4 is 0 Å². The van der Waals surface area contributed by atoms with E-state index in [1.165, 1.54) is 25.7 Å². The highest BCUT2D eigenvalue weighted by atomic mass is 16.3. The molecule has 2 N–H and O–H groups in total. The van der Waals surface area contributed by atoms with Crippen LogP contribution in [0.2, 0.25) is 0 Å². The Bertz CT molecular complexity index is 287. The highest BCUT2D eigenvalue weighted by Gasteiger charge is 2.26. The van der Waals surface area contributed by atoms with E-state index in [1.807, 2.05) is 12.1 Å². The molecule has 3 nitrogen and oxygen atoms in total. The average Bonchev–Trinajstić information content (AvgIpc) is 2.62. The van der Waals surface area contributed by atoms with Gasteiger partial charge in [-0.3, -0.25) is 4.90 Å². The van der Waals surface area contributed by atoms with E-state index < -0.39 is 0 Å². The Kier molecular flexibility index (Phi) is 4.02. The van der Waals surface area contributed by atoms with Gasteiger partial charge in [-0.2, -0.15) is 0 Å². The molecule has 1 saturated heterocycles. The van der Waals surface area contributed by atoms with Gasteiger partial charge in [-0.15, -0.1) is 0 Å². The van der Waals surface area contributed by atoms with Crippen molar-refractivity contribution in [1.29, 1.82) is 0 Å². The van der Waals surface area contributed by atoms with Gasteiger partial charge in [0, 0.05) is 6.04 Å². The van der Waals surface area contributed by atoms with Crippen LogP contribution in [0.4, 0.5) is 0 Å². The van der Waals surface area contributed by atoms with Gasteiger partial charge in [0.25, 0.3) is 0 Å². The molecule has 2 rings (SSSR count). The highest BCUT2D eigenvalue weighted by molar-refractivity contribution is 5.07. The van der Waals surface area contributed by atoms with E-state index in [1.54, 1.807) is 6.26 Å². The maximum atomic E-state index is 6.11. The number of nitrogens with two attached hydrogens (primary N) is 1. The van der Waals surface area contributed by atoms with E-state index in [2.05, 4.69) is 11.8 Å². The van der Waals surface area contributed by atoms with Crippen molar-refractivity contribution in [3.8, 4) is 0 Å². The summed E-state index contributed by atoms with van der Waals surface area (Å²) in [5.41, 5.74) is 6.11. The van der Waals surface area contributed by atoms with Crippen molar-refractivity contribution in [1.82, 2.24) is 4.90 Å². The second kappa shape index (κ2) is 5.51. The van der Waals surface area contributed by atoms with Gasteiger partial charge in [-0.25, -0.2) is 0 Å². The fraction of sp³-hybridized carbons (Fsp3) is 0.692. The first-order valence-electron chi connectivity index (χ1n) is 6.32. The summed E-state index contributed by atoms with van der Waals surface area (Å²) in [5.74, 6) is 1.01. The topological polar surface area (TPSA) is 42.4 Å². The molecule has 0 amide bonds. The molecule has 1 aliphatic heterocycles. The SMILES string of the molecule is CC(N)C(c1ccco1)N1CCCCCC1. The smallest absolute Gasteiger partial charge is 0.122 e. The molecule has 1 aromatic heterocycles. The quantitative estimate of drug-likeness (QED) is 0.854. The van der Waals surface area contributed by atoms with Gasteiger partial charge in [-0.1, -0.05) is 12.8 Å². The Morgan fingerprint density at radius 3 is 2.44 bits per heavy atom. The third kappa shape index (κ3) is 2.66. The standard InChI is InChI=1S/C13H22N2O/c1-11(14)13(12-7-6-10-16-12)15-8-4-2-3-5-9-15/h6-7,10-11,13H,2-5,8-9,14H2,1H3. The largest absolute Gasteiger partial charge is 0.468 e. The van der Waals surface area contributed by atoms with E-state index in [0.717, 1.165) is 18.8 Å². The fourth-order valence-electron chi connectivity index (χ4n) is 2.60. The summed E-state index contributed by atoms with van der Waals surface area (Å²) in [6.45, 7) is 4.36. The summed E-state index contributed by atoms with van der Waals surface area (Å²) < 4.78 is 5.53. The normalized spacial score (nSPS) is 22.6. The average molecular weight is 222 g/mol. The maximum Gasteiger partial charge on any atom is 0.122 e. The molecule has 1 aromatic rings. The lowest BCUT2D eigenvalue weighted by atomic mass is 10.1. The molecule has 90 valence electrons. The molecule has 0 aromatic carbocycles. The van der Waals surface area contributed by atoms with E-state index in [9.17, 15) is 0 Å². The van der Waals surface area contributed by atoms with Crippen molar-refractivity contribution in [3.05, 3.63) is 24.2 Å². The molecule has 2 unspecified atom stereocenters. The summed E-state index contributed by atoms with van der Waals surface area (Å²) in [7, 11) is 0. The number of hydrogen-bond donors (Lipinski definition) is 1. The molecule has 2 atom stereocenters. The van der Waals surface area contributed by atoms with Crippen LogP contribution in [0, 0.1) is 0 Å². The molecule has 0 aliphatic carbocycles. The first-order valence-corrected chi connectivity index (χ1v) is 6.32. The van der Waals surface area contributed by atoms with Crippen molar-refractivity contribution in [2.45, 2.75) is 44.7 Å². The van der Waals surface area contributed by atoms with Crippen LogP contribution in [0.3, 0.4) is 0 Å². The van der Waals surface area contributed by atoms with Crippen LogP contribution in [0.1, 0.15) is 44.4 Å². The third-order valence-electron chi connectivity index (χ3n) is 3.37. The first kappa shape index (κ1) is 11.7. The number of hydrogen-bond acceptors (Lipinski definition) is 3. The molecule has 0 saturated carbocycles. The summed E-state index contributed by atoms with van der Waals surface area (Å²) in [6, 6.07) is 4.35. The molecule has 1 fully saturated rings. The second-order valence-electron chi connectivity index (χ2n) is 4.77. The maximum absolute atomic E-state index is 6.11. The molecular weight excluding hydrogens is 200 g/mol. The zero-order chi connectivity index (χ0) is 11.4. The Morgan fingerprint density at radius 1 is 1.25 bits per heavy atom. The Morgan fingerprint density at radius 2 is 1.94 bits per heavy atom. The third-order valence-corrected chi connectivity index (χ3v) is 3.37. The predicted octanol–water partition coefficient (Wildman–Crippen LogP) is 2.54. The summed E-state index contributed by atoms with van der Waals surface area (Å²) in [5, 5.41) is 0. The van der Waals surface area contributed by atoms with E-state index in [0.29, 0.717) is 0 Å². The van der Waals surface area contributed by atoms with E-state index >= 15 is 0 Å². The van der Waals surface area contributed by atoms with Crippen LogP contribution in [-0.4, -0.2) is 24.0 Å². The number of likely N-dealkylation sites (tertiary alicyclic amines) is 1. The molecule has 0 spiro atoms. The van der Waals surface area contributed by atoms with Gasteiger partial charge in [0.15, 0.2) is 0 Å². The summed E-state index contributed by atoms with van der Waals surface area (Å²) >= 11 is 0. The molecule has 3 heteroatoms. The lowest BCUT2D eigenvalue weighted by Gasteiger charge is -2.31. The molecular formula is C13H22N2O. The lowest BCUT2D eigenvalue weighted by molar-refractivity contribution is 0.160. The Labute approximate surface area is 97.6 Å². The van der Waals surface area contributed by atoms with Crippen LogP contribution >= 0.6 is 0 Å². The predicted molar refractivity (Wildman–Crippen MR) is 65.1 cm³/mol. The number of furan rings is 1. The van der Waals surface area contributed by atoms with E-state index in [4.69, 9.17) is 10.2 Å². The highest BCUT2D eigenvalue weighted by Crippen LogP contribution is 2.26. The monoisotopic (exact) mass is 222 g/mol. The van der Waals surface area contributed by atoms with Gasteiger partial charge in [0.2, 0.25) is 0 Å². The Hall–Kier alpha value is -0.800. The molecule has 2 heterocycles. The van der Waals surface area contributed by atoms with Gasteiger partial charge in [0.05, 0.1) is 12.3 Å². The minimum Gasteiger partial charge on any atom is -0.468 e. The number of rotatable bonds is 3.